The summed E-state index contributed by atoms with van der Waals surface area (Å²) in [5.74, 6) is -0.554. The molecule has 98 valence electrons. The minimum Gasteiger partial charge on any atom is -0.294 e. The summed E-state index contributed by atoms with van der Waals surface area (Å²) < 4.78 is 13.4. The Hall–Kier alpha value is -0.900. The van der Waals surface area contributed by atoms with Crippen molar-refractivity contribution >= 4 is 44.9 Å². The van der Waals surface area contributed by atoms with Gasteiger partial charge < -0.3 is 0 Å². The number of hydrogen-bond acceptors (Lipinski definition) is 1. The summed E-state index contributed by atoms with van der Waals surface area (Å²) in [6.45, 7) is 0. The van der Waals surface area contributed by atoms with E-state index in [1.54, 1.807) is 18.2 Å². The van der Waals surface area contributed by atoms with Crippen LogP contribution < -0.4 is 0 Å². The Morgan fingerprint density at radius 2 is 1.95 bits per heavy atom. The van der Waals surface area contributed by atoms with Crippen LogP contribution in [0.2, 0.25) is 10.0 Å². The SMILES string of the molecule is O=C(Cc1cccc(Cl)c1Cl)c1ccc(F)c(Br)c1. The molecule has 0 saturated heterocycles. The lowest BCUT2D eigenvalue weighted by Crippen LogP contribution is -2.04. The van der Waals surface area contributed by atoms with E-state index in [1.807, 2.05) is 0 Å². The van der Waals surface area contributed by atoms with E-state index in [9.17, 15) is 9.18 Å². The molecule has 19 heavy (non-hydrogen) atoms. The van der Waals surface area contributed by atoms with Crippen molar-refractivity contribution in [2.24, 2.45) is 0 Å². The Kier molecular flexibility index (Phi) is 4.61. The van der Waals surface area contributed by atoms with Crippen LogP contribution in [-0.2, 0) is 6.42 Å². The number of carbonyl (C=O) groups excluding carboxylic acids is 1. The van der Waals surface area contributed by atoms with Gasteiger partial charge in [0.05, 0.1) is 14.5 Å². The first kappa shape index (κ1) is 14.5. The second-order valence-electron chi connectivity index (χ2n) is 3.94. The topological polar surface area (TPSA) is 17.1 Å². The molecule has 0 aromatic heterocycles. The van der Waals surface area contributed by atoms with Crippen molar-refractivity contribution in [3.63, 3.8) is 0 Å². The van der Waals surface area contributed by atoms with Crippen LogP contribution in [0.15, 0.2) is 40.9 Å². The molecule has 2 aromatic carbocycles. The van der Waals surface area contributed by atoms with Crippen molar-refractivity contribution in [1.29, 1.82) is 0 Å². The molecule has 0 spiro atoms. The maximum atomic E-state index is 13.1. The lowest BCUT2D eigenvalue weighted by atomic mass is 10.0. The normalized spacial score (nSPS) is 10.5. The van der Waals surface area contributed by atoms with E-state index < -0.39 is 5.82 Å². The standard InChI is InChI=1S/C14H8BrCl2FO/c15-10-6-8(4-5-12(10)18)13(19)7-9-2-1-3-11(16)14(9)17/h1-6H,7H2. The van der Waals surface area contributed by atoms with E-state index in [2.05, 4.69) is 15.9 Å². The largest absolute Gasteiger partial charge is 0.294 e. The molecule has 0 aliphatic carbocycles. The number of hydrogen-bond donors (Lipinski definition) is 0. The fraction of sp³-hybridized carbons (Fsp3) is 0.0714. The van der Waals surface area contributed by atoms with E-state index >= 15 is 0 Å². The van der Waals surface area contributed by atoms with Gasteiger partial charge in [-0.15, -0.1) is 0 Å². The summed E-state index contributed by atoms with van der Waals surface area (Å²) in [7, 11) is 0. The van der Waals surface area contributed by atoms with Crippen LogP contribution in [0.5, 0.6) is 0 Å². The molecule has 0 N–H and O–H groups in total. The summed E-state index contributed by atoms with van der Waals surface area (Å²) in [6.07, 6.45) is 0.122. The second kappa shape index (κ2) is 6.04. The zero-order valence-electron chi connectivity index (χ0n) is 9.59. The van der Waals surface area contributed by atoms with Gasteiger partial charge in [-0.1, -0.05) is 35.3 Å². The van der Waals surface area contributed by atoms with Crippen LogP contribution in [0.4, 0.5) is 4.39 Å². The van der Waals surface area contributed by atoms with Crippen LogP contribution in [0, 0.1) is 5.82 Å². The summed E-state index contributed by atoms with van der Waals surface area (Å²) >= 11 is 15.0. The van der Waals surface area contributed by atoms with Crippen LogP contribution in [0.25, 0.3) is 0 Å². The van der Waals surface area contributed by atoms with Gasteiger partial charge in [0.15, 0.2) is 5.78 Å². The number of halogens is 4. The fourth-order valence-corrected chi connectivity index (χ4v) is 2.40. The molecule has 0 heterocycles. The van der Waals surface area contributed by atoms with E-state index in [1.165, 1.54) is 18.2 Å². The van der Waals surface area contributed by atoms with Crippen LogP contribution in [0.1, 0.15) is 15.9 Å². The van der Waals surface area contributed by atoms with Crippen molar-refractivity contribution < 1.29 is 9.18 Å². The summed E-state index contributed by atoms with van der Waals surface area (Å²) in [5.41, 5.74) is 1.07. The highest BCUT2D eigenvalue weighted by Crippen LogP contribution is 2.27. The average molecular weight is 362 g/mol. The lowest BCUT2D eigenvalue weighted by Gasteiger charge is -2.06. The predicted molar refractivity (Wildman–Crippen MR) is 78.6 cm³/mol. The van der Waals surface area contributed by atoms with Crippen LogP contribution in [0.3, 0.4) is 0 Å². The Morgan fingerprint density at radius 1 is 1.21 bits per heavy atom. The number of ketones is 1. The molecule has 2 rings (SSSR count). The van der Waals surface area contributed by atoms with E-state index in [-0.39, 0.29) is 16.7 Å². The van der Waals surface area contributed by atoms with Gasteiger partial charge >= 0.3 is 0 Å². The third-order valence-electron chi connectivity index (χ3n) is 2.62. The van der Waals surface area contributed by atoms with Gasteiger partial charge in [-0.25, -0.2) is 4.39 Å². The van der Waals surface area contributed by atoms with Gasteiger partial charge in [-0.3, -0.25) is 4.79 Å². The summed E-state index contributed by atoms with van der Waals surface area (Å²) in [5, 5.41) is 0.783. The monoisotopic (exact) mass is 360 g/mol. The van der Waals surface area contributed by atoms with Crippen LogP contribution in [-0.4, -0.2) is 5.78 Å². The Bertz CT molecular complexity index is 643. The first-order valence-corrected chi connectivity index (χ1v) is 6.95. The van der Waals surface area contributed by atoms with Crippen molar-refractivity contribution in [1.82, 2.24) is 0 Å². The highest BCUT2D eigenvalue weighted by atomic mass is 79.9. The third kappa shape index (κ3) is 3.35. The zero-order chi connectivity index (χ0) is 14.0. The minimum absolute atomic E-state index is 0.122. The molecule has 0 atom stereocenters. The van der Waals surface area contributed by atoms with E-state index in [4.69, 9.17) is 23.2 Å². The van der Waals surface area contributed by atoms with Gasteiger partial charge in [0.2, 0.25) is 0 Å². The Labute approximate surface area is 128 Å². The van der Waals surface area contributed by atoms with E-state index in [0.29, 0.717) is 21.2 Å². The molecule has 0 aliphatic rings. The minimum atomic E-state index is -0.405. The van der Waals surface area contributed by atoms with Gasteiger partial charge in [-0.2, -0.15) is 0 Å². The Morgan fingerprint density at radius 3 is 2.63 bits per heavy atom. The average Bonchev–Trinajstić information content (AvgIpc) is 2.38. The molecule has 0 saturated carbocycles. The van der Waals surface area contributed by atoms with Gasteiger partial charge in [0.25, 0.3) is 0 Å². The molecule has 5 heteroatoms. The molecular formula is C14H8BrCl2FO. The highest BCUT2D eigenvalue weighted by Gasteiger charge is 2.12. The molecule has 1 nitrogen and oxygen atoms in total. The quantitative estimate of drug-likeness (QED) is 0.676. The fourth-order valence-electron chi connectivity index (χ4n) is 1.63. The van der Waals surface area contributed by atoms with Crippen LogP contribution >= 0.6 is 39.1 Å². The molecule has 0 fully saturated rings. The smallest absolute Gasteiger partial charge is 0.167 e. The second-order valence-corrected chi connectivity index (χ2v) is 5.58. The molecule has 2 aromatic rings. The van der Waals surface area contributed by atoms with Crippen molar-refractivity contribution in [3.8, 4) is 0 Å². The number of carbonyl (C=O) groups is 1. The molecule has 0 unspecified atom stereocenters. The highest BCUT2D eigenvalue weighted by molar-refractivity contribution is 9.10. The van der Waals surface area contributed by atoms with E-state index in [0.717, 1.165) is 0 Å². The summed E-state index contributed by atoms with van der Waals surface area (Å²) in [6, 6.07) is 9.28. The third-order valence-corrected chi connectivity index (χ3v) is 4.09. The predicted octanol–water partition coefficient (Wildman–Crippen LogP) is 5.32. The molecule has 0 bridgehead atoms. The number of benzene rings is 2. The van der Waals surface area contributed by atoms with Crippen molar-refractivity contribution in [2.45, 2.75) is 6.42 Å². The number of rotatable bonds is 3. The first-order valence-electron chi connectivity index (χ1n) is 5.40. The Balaban J connectivity index is 2.26. The first-order chi connectivity index (χ1) is 8.99. The molecule has 0 radical (unpaired) electrons. The van der Waals surface area contributed by atoms with Gasteiger partial charge in [0, 0.05) is 12.0 Å². The molecule has 0 amide bonds. The van der Waals surface area contributed by atoms with Crippen molar-refractivity contribution in [3.05, 3.63) is 67.9 Å². The molecule has 0 aliphatic heterocycles. The summed E-state index contributed by atoms with van der Waals surface area (Å²) in [4.78, 5) is 12.1. The van der Waals surface area contributed by atoms with Gasteiger partial charge in [-0.05, 0) is 45.8 Å². The zero-order valence-corrected chi connectivity index (χ0v) is 12.7. The number of Topliss-reactive ketones (excluding diaryl/α,β-unsaturated/α-hetero) is 1. The lowest BCUT2D eigenvalue weighted by molar-refractivity contribution is 0.0993. The van der Waals surface area contributed by atoms with Crippen molar-refractivity contribution in [2.75, 3.05) is 0 Å². The van der Waals surface area contributed by atoms with Gasteiger partial charge in [0.1, 0.15) is 5.82 Å². The molecular weight excluding hydrogens is 354 g/mol. The maximum absolute atomic E-state index is 13.1. The maximum Gasteiger partial charge on any atom is 0.167 e.